The summed E-state index contributed by atoms with van der Waals surface area (Å²) in [5, 5.41) is 0. The summed E-state index contributed by atoms with van der Waals surface area (Å²) in [4.78, 5) is 0.394. The Bertz CT molecular complexity index is 479. The van der Waals surface area contributed by atoms with E-state index in [4.69, 9.17) is 0 Å². The van der Waals surface area contributed by atoms with Crippen LogP contribution in [0.2, 0.25) is 0 Å². The highest BCUT2D eigenvalue weighted by Gasteiger charge is 2.20. The molecule has 1 N–H and O–H groups in total. The van der Waals surface area contributed by atoms with Crippen LogP contribution in [0.5, 0.6) is 0 Å². The number of benzene rings is 1. The van der Waals surface area contributed by atoms with Gasteiger partial charge in [0.1, 0.15) is 0 Å². The Labute approximate surface area is 107 Å². The van der Waals surface area contributed by atoms with E-state index >= 15 is 0 Å². The van der Waals surface area contributed by atoms with E-state index in [1.54, 1.807) is 12.1 Å². The van der Waals surface area contributed by atoms with E-state index in [1.165, 1.54) is 0 Å². The Morgan fingerprint density at radius 3 is 2.82 bits per heavy atom. The molecule has 5 heteroatoms. The number of aryl methyl sites for hydroxylation is 1. The molecule has 1 aliphatic rings. The minimum Gasteiger partial charge on any atom is -0.211 e. The third-order valence-corrected chi connectivity index (χ3v) is 5.78. The lowest BCUT2D eigenvalue weighted by Gasteiger charge is -2.12. The van der Waals surface area contributed by atoms with Crippen molar-refractivity contribution >= 4 is 21.8 Å². The molecule has 0 aromatic heterocycles. The normalized spacial score (nSPS) is 20.6. The van der Waals surface area contributed by atoms with Crippen molar-refractivity contribution in [2.45, 2.75) is 18.2 Å². The Morgan fingerprint density at radius 2 is 2.18 bits per heavy atom. The lowest BCUT2D eigenvalue weighted by atomic mass is 10.1. The van der Waals surface area contributed by atoms with E-state index in [-0.39, 0.29) is 0 Å². The highest BCUT2D eigenvalue weighted by Crippen LogP contribution is 2.23. The number of thioether (sulfide) groups is 1. The van der Waals surface area contributed by atoms with E-state index in [9.17, 15) is 8.42 Å². The summed E-state index contributed by atoms with van der Waals surface area (Å²) < 4.78 is 26.9. The number of nitrogens with one attached hydrogen (secondary N) is 1. The molecule has 1 saturated heterocycles. The van der Waals surface area contributed by atoms with E-state index in [0.717, 1.165) is 23.5 Å². The van der Waals surface area contributed by atoms with Gasteiger partial charge >= 0.3 is 0 Å². The van der Waals surface area contributed by atoms with Crippen LogP contribution >= 0.6 is 11.8 Å². The molecule has 0 amide bonds. The van der Waals surface area contributed by atoms with Gasteiger partial charge < -0.3 is 0 Å². The Hall–Kier alpha value is -0.520. The first-order valence-electron chi connectivity index (χ1n) is 5.72. The molecule has 1 aliphatic heterocycles. The minimum atomic E-state index is -3.34. The molecule has 0 radical (unpaired) electrons. The van der Waals surface area contributed by atoms with Crippen molar-refractivity contribution in [2.24, 2.45) is 5.92 Å². The molecule has 1 atom stereocenters. The summed E-state index contributed by atoms with van der Waals surface area (Å²) in [6.45, 7) is 2.38. The topological polar surface area (TPSA) is 46.2 Å². The van der Waals surface area contributed by atoms with Crippen molar-refractivity contribution in [3.63, 3.8) is 0 Å². The predicted molar refractivity (Wildman–Crippen MR) is 71.8 cm³/mol. The average molecular weight is 271 g/mol. The number of hydrogen-bond acceptors (Lipinski definition) is 3. The summed E-state index contributed by atoms with van der Waals surface area (Å²) >= 11 is 1.90. The lowest BCUT2D eigenvalue weighted by Crippen LogP contribution is -2.29. The van der Waals surface area contributed by atoms with Crippen LogP contribution in [0.3, 0.4) is 0 Å². The summed E-state index contributed by atoms with van der Waals surface area (Å²) in [7, 11) is -3.34. The van der Waals surface area contributed by atoms with E-state index in [2.05, 4.69) is 4.72 Å². The van der Waals surface area contributed by atoms with Crippen LogP contribution in [0, 0.1) is 12.8 Å². The monoisotopic (exact) mass is 271 g/mol. The standard InChI is InChI=1S/C12H17NO2S2/c1-10-4-2-3-5-12(10)17(14,15)13-8-11-6-7-16-9-11/h2-5,11,13H,6-9H2,1H3. The maximum atomic E-state index is 12.1. The molecular weight excluding hydrogens is 254 g/mol. The smallest absolute Gasteiger partial charge is 0.211 e. The van der Waals surface area contributed by atoms with Gasteiger partial charge in [-0.3, -0.25) is 0 Å². The van der Waals surface area contributed by atoms with Crippen molar-refractivity contribution in [3.8, 4) is 0 Å². The average Bonchev–Trinajstić information content (AvgIpc) is 2.80. The molecule has 3 nitrogen and oxygen atoms in total. The molecule has 1 aromatic rings. The molecule has 0 saturated carbocycles. The number of sulfonamides is 1. The second-order valence-corrected chi connectivity index (χ2v) is 7.23. The summed E-state index contributed by atoms with van der Waals surface area (Å²) in [5.41, 5.74) is 0.792. The first kappa shape index (κ1) is 12.9. The second-order valence-electron chi connectivity index (χ2n) is 4.35. The van der Waals surface area contributed by atoms with Crippen molar-refractivity contribution < 1.29 is 8.42 Å². The van der Waals surface area contributed by atoms with Gasteiger partial charge in [-0.15, -0.1) is 0 Å². The molecule has 1 unspecified atom stereocenters. The predicted octanol–water partition coefficient (Wildman–Crippen LogP) is 2.03. The third-order valence-electron chi connectivity index (χ3n) is 2.97. The van der Waals surface area contributed by atoms with Crippen LogP contribution in [0.15, 0.2) is 29.2 Å². The zero-order valence-corrected chi connectivity index (χ0v) is 11.5. The Kier molecular flexibility index (Phi) is 4.12. The first-order chi connectivity index (χ1) is 8.09. The Morgan fingerprint density at radius 1 is 1.41 bits per heavy atom. The van der Waals surface area contributed by atoms with Crippen molar-refractivity contribution in [2.75, 3.05) is 18.1 Å². The second kappa shape index (κ2) is 5.42. The zero-order chi connectivity index (χ0) is 12.3. The van der Waals surface area contributed by atoms with E-state index < -0.39 is 10.0 Å². The van der Waals surface area contributed by atoms with Gasteiger partial charge in [0.25, 0.3) is 0 Å². The van der Waals surface area contributed by atoms with Crippen molar-refractivity contribution in [3.05, 3.63) is 29.8 Å². The molecule has 0 bridgehead atoms. The molecule has 17 heavy (non-hydrogen) atoms. The zero-order valence-electron chi connectivity index (χ0n) is 9.85. The largest absolute Gasteiger partial charge is 0.240 e. The fraction of sp³-hybridized carbons (Fsp3) is 0.500. The van der Waals surface area contributed by atoms with Crippen LogP contribution in [0.4, 0.5) is 0 Å². The quantitative estimate of drug-likeness (QED) is 0.911. The van der Waals surface area contributed by atoms with Crippen LogP contribution in [-0.4, -0.2) is 26.5 Å². The van der Waals surface area contributed by atoms with E-state index in [1.807, 2.05) is 30.8 Å². The van der Waals surface area contributed by atoms with Gasteiger partial charge in [-0.05, 0) is 42.4 Å². The molecule has 1 aromatic carbocycles. The van der Waals surface area contributed by atoms with Gasteiger partial charge in [0.2, 0.25) is 10.0 Å². The minimum absolute atomic E-state index is 0.394. The number of hydrogen-bond donors (Lipinski definition) is 1. The third kappa shape index (κ3) is 3.24. The molecule has 0 aliphatic carbocycles. The van der Waals surface area contributed by atoms with Crippen LogP contribution < -0.4 is 4.72 Å². The van der Waals surface area contributed by atoms with Crippen molar-refractivity contribution in [1.29, 1.82) is 0 Å². The maximum Gasteiger partial charge on any atom is 0.240 e. The van der Waals surface area contributed by atoms with Gasteiger partial charge in [0.05, 0.1) is 4.90 Å². The highest BCUT2D eigenvalue weighted by molar-refractivity contribution is 7.99. The Balaban J connectivity index is 2.06. The molecule has 0 spiro atoms. The molecule has 2 rings (SSSR count). The summed E-state index contributed by atoms with van der Waals surface area (Å²) in [5.74, 6) is 2.70. The van der Waals surface area contributed by atoms with E-state index in [0.29, 0.717) is 17.4 Å². The summed E-state index contributed by atoms with van der Waals surface area (Å²) in [6.07, 6.45) is 1.11. The van der Waals surface area contributed by atoms with Gasteiger partial charge in [0, 0.05) is 6.54 Å². The number of rotatable bonds is 4. The van der Waals surface area contributed by atoms with Gasteiger partial charge in [-0.1, -0.05) is 18.2 Å². The summed E-state index contributed by atoms with van der Waals surface area (Å²) in [6, 6.07) is 7.08. The van der Waals surface area contributed by atoms with Crippen molar-refractivity contribution in [1.82, 2.24) is 4.72 Å². The molecule has 1 heterocycles. The van der Waals surface area contributed by atoms with Gasteiger partial charge in [0.15, 0.2) is 0 Å². The first-order valence-corrected chi connectivity index (χ1v) is 8.36. The highest BCUT2D eigenvalue weighted by atomic mass is 32.2. The van der Waals surface area contributed by atoms with Gasteiger partial charge in [-0.25, -0.2) is 13.1 Å². The van der Waals surface area contributed by atoms with Crippen LogP contribution in [0.25, 0.3) is 0 Å². The SMILES string of the molecule is Cc1ccccc1S(=O)(=O)NCC1CCSC1. The van der Waals surface area contributed by atoms with Crippen LogP contribution in [0.1, 0.15) is 12.0 Å². The fourth-order valence-electron chi connectivity index (χ4n) is 1.91. The maximum absolute atomic E-state index is 12.1. The van der Waals surface area contributed by atoms with Gasteiger partial charge in [-0.2, -0.15) is 11.8 Å². The van der Waals surface area contributed by atoms with Crippen LogP contribution in [-0.2, 0) is 10.0 Å². The fourth-order valence-corrected chi connectivity index (χ4v) is 4.55. The lowest BCUT2D eigenvalue weighted by molar-refractivity contribution is 0.545. The molecule has 1 fully saturated rings. The molecule has 94 valence electrons. The molecular formula is C12H17NO2S2.